The van der Waals surface area contributed by atoms with Gasteiger partial charge in [0.1, 0.15) is 16.8 Å². The molecular weight excluding hydrogens is 466 g/mol. The molecule has 0 radical (unpaired) electrons. The number of rotatable bonds is 5. The smallest absolute Gasteiger partial charge is 0.147 e. The first-order valence-corrected chi connectivity index (χ1v) is 14.3. The number of hydrogen-bond acceptors (Lipinski definition) is 5. The normalized spacial score (nSPS) is 24.2. The van der Waals surface area contributed by atoms with Gasteiger partial charge in [0.15, 0.2) is 0 Å². The fourth-order valence-electron chi connectivity index (χ4n) is 5.41. The SMILES string of the molecule is Cc1ccc(CN2CCC(N3CCN(C4=NC=C(NS(C)=O)CC=C4Cl)CC3C)CC2)c(C)c1. The first-order valence-electron chi connectivity index (χ1n) is 12.3. The minimum Gasteiger partial charge on any atom is -0.353 e. The van der Waals surface area contributed by atoms with Gasteiger partial charge >= 0.3 is 0 Å². The highest BCUT2D eigenvalue weighted by atomic mass is 35.5. The fourth-order valence-corrected chi connectivity index (χ4v) is 6.16. The lowest BCUT2D eigenvalue weighted by molar-refractivity contribution is 0.0402. The molecule has 0 aromatic heterocycles. The summed E-state index contributed by atoms with van der Waals surface area (Å²) in [4.78, 5) is 12.3. The molecule has 1 N–H and O–H groups in total. The number of nitrogens with one attached hydrogen (secondary N) is 1. The summed E-state index contributed by atoms with van der Waals surface area (Å²) in [5.41, 5.74) is 5.03. The Morgan fingerprint density at radius 1 is 1.18 bits per heavy atom. The van der Waals surface area contributed by atoms with Crippen LogP contribution in [0.5, 0.6) is 0 Å². The lowest BCUT2D eigenvalue weighted by atomic mass is 9.98. The third-order valence-corrected chi connectivity index (χ3v) is 8.10. The summed E-state index contributed by atoms with van der Waals surface area (Å²) in [5.74, 6) is 0.829. The van der Waals surface area contributed by atoms with Crippen LogP contribution in [0.4, 0.5) is 0 Å². The second-order valence-electron chi connectivity index (χ2n) is 9.89. The summed E-state index contributed by atoms with van der Waals surface area (Å²) >= 11 is 6.59. The molecule has 1 aromatic carbocycles. The minimum absolute atomic E-state index is 0.449. The van der Waals surface area contributed by atoms with Crippen LogP contribution in [0.3, 0.4) is 0 Å². The standard InChI is InChI=1S/C26H38ClN5OS/c1-19-5-6-22(20(2)15-19)18-30-11-9-24(10-12-30)32-14-13-31(17-21(32)3)26-25(27)8-7-23(16-28-26)29-34(4)33/h5-6,8,15-16,21,24,29H,7,9-14,17-18H2,1-4H3. The highest BCUT2D eigenvalue weighted by Gasteiger charge is 2.33. The average Bonchev–Trinajstić information content (AvgIpc) is 2.97. The van der Waals surface area contributed by atoms with Gasteiger partial charge in [0.2, 0.25) is 0 Å². The molecule has 3 heterocycles. The first-order chi connectivity index (χ1) is 16.3. The number of aliphatic imine (C=N–C) groups is 1. The van der Waals surface area contributed by atoms with Crippen molar-refractivity contribution in [2.45, 2.75) is 58.7 Å². The van der Waals surface area contributed by atoms with E-state index in [4.69, 9.17) is 11.6 Å². The van der Waals surface area contributed by atoms with Gasteiger partial charge in [-0.15, -0.1) is 0 Å². The molecule has 2 saturated heterocycles. The number of piperidine rings is 1. The molecule has 0 bridgehead atoms. The molecule has 34 heavy (non-hydrogen) atoms. The summed E-state index contributed by atoms with van der Waals surface area (Å²) in [5, 5.41) is 0.676. The molecule has 6 nitrogen and oxygen atoms in total. The lowest BCUT2D eigenvalue weighted by Gasteiger charge is -2.47. The molecule has 8 heteroatoms. The van der Waals surface area contributed by atoms with E-state index >= 15 is 0 Å². The van der Waals surface area contributed by atoms with E-state index in [0.717, 1.165) is 50.8 Å². The van der Waals surface area contributed by atoms with Gasteiger partial charge in [0.25, 0.3) is 0 Å². The predicted molar refractivity (Wildman–Crippen MR) is 143 cm³/mol. The predicted octanol–water partition coefficient (Wildman–Crippen LogP) is 3.92. The van der Waals surface area contributed by atoms with E-state index in [2.05, 4.69) is 63.4 Å². The molecule has 0 aliphatic carbocycles. The van der Waals surface area contributed by atoms with Gasteiger partial charge in [-0.05, 0) is 57.8 Å². The van der Waals surface area contributed by atoms with E-state index < -0.39 is 11.0 Å². The van der Waals surface area contributed by atoms with Gasteiger partial charge in [-0.1, -0.05) is 41.4 Å². The molecule has 3 aliphatic rings. The quantitative estimate of drug-likeness (QED) is 0.661. The maximum absolute atomic E-state index is 11.5. The van der Waals surface area contributed by atoms with Crippen LogP contribution < -0.4 is 4.72 Å². The summed E-state index contributed by atoms with van der Waals surface area (Å²) in [6, 6.07) is 7.91. The highest BCUT2D eigenvalue weighted by Crippen LogP contribution is 2.25. The van der Waals surface area contributed by atoms with Gasteiger partial charge < -0.3 is 9.62 Å². The number of hydrogen-bond donors (Lipinski definition) is 1. The Labute approximate surface area is 212 Å². The number of halogens is 1. The van der Waals surface area contributed by atoms with Crippen molar-refractivity contribution in [1.29, 1.82) is 0 Å². The fraction of sp³-hybridized carbons (Fsp3) is 0.577. The number of allylic oxidation sites excluding steroid dienone is 1. The van der Waals surface area contributed by atoms with Crippen LogP contribution >= 0.6 is 11.6 Å². The third-order valence-electron chi connectivity index (χ3n) is 7.23. The van der Waals surface area contributed by atoms with Crippen LogP contribution in [0.15, 0.2) is 46.2 Å². The van der Waals surface area contributed by atoms with Crippen molar-refractivity contribution in [2.75, 3.05) is 39.0 Å². The van der Waals surface area contributed by atoms with Crippen LogP contribution in [-0.2, 0) is 17.5 Å². The number of amidine groups is 1. The summed E-state index contributed by atoms with van der Waals surface area (Å²) < 4.78 is 14.4. The second kappa shape index (κ2) is 11.4. The van der Waals surface area contributed by atoms with E-state index in [-0.39, 0.29) is 0 Å². The Morgan fingerprint density at radius 2 is 1.94 bits per heavy atom. The Hall–Kier alpha value is -1.67. The van der Waals surface area contributed by atoms with Crippen LogP contribution in [0.2, 0.25) is 0 Å². The summed E-state index contributed by atoms with van der Waals surface area (Å²) in [6.45, 7) is 13.0. The molecule has 0 amide bonds. The lowest BCUT2D eigenvalue weighted by Crippen LogP contribution is -2.58. The van der Waals surface area contributed by atoms with Gasteiger partial charge in [0.05, 0.1) is 5.03 Å². The van der Waals surface area contributed by atoms with Crippen molar-refractivity contribution in [3.63, 3.8) is 0 Å². The molecule has 4 rings (SSSR count). The Bertz CT molecular complexity index is 999. The van der Waals surface area contributed by atoms with E-state index in [1.165, 1.54) is 29.5 Å². The van der Waals surface area contributed by atoms with Crippen molar-refractivity contribution < 1.29 is 4.21 Å². The number of likely N-dealkylation sites (tertiary alicyclic amines) is 1. The minimum atomic E-state index is -1.11. The van der Waals surface area contributed by atoms with Crippen molar-refractivity contribution in [3.05, 3.63) is 57.9 Å². The Kier molecular flexibility index (Phi) is 8.51. The molecule has 2 atom stereocenters. The van der Waals surface area contributed by atoms with Crippen molar-refractivity contribution >= 4 is 28.4 Å². The van der Waals surface area contributed by atoms with E-state index in [1.54, 1.807) is 12.5 Å². The molecule has 2 fully saturated rings. The molecular formula is C26H38ClN5OS. The number of benzene rings is 1. The summed E-state index contributed by atoms with van der Waals surface area (Å²) in [6.07, 6.45) is 8.41. The van der Waals surface area contributed by atoms with Crippen LogP contribution in [0.1, 0.15) is 42.9 Å². The highest BCUT2D eigenvalue weighted by molar-refractivity contribution is 7.82. The zero-order chi connectivity index (χ0) is 24.2. The summed E-state index contributed by atoms with van der Waals surface area (Å²) in [7, 11) is -1.11. The Balaban J connectivity index is 1.31. The van der Waals surface area contributed by atoms with E-state index in [9.17, 15) is 4.21 Å². The van der Waals surface area contributed by atoms with Crippen LogP contribution in [0.25, 0.3) is 0 Å². The maximum atomic E-state index is 11.5. The van der Waals surface area contributed by atoms with Gasteiger partial charge in [-0.2, -0.15) is 0 Å². The molecule has 0 saturated carbocycles. The number of piperazine rings is 1. The largest absolute Gasteiger partial charge is 0.353 e. The molecule has 186 valence electrons. The molecule has 1 aromatic rings. The maximum Gasteiger partial charge on any atom is 0.147 e. The Morgan fingerprint density at radius 3 is 2.62 bits per heavy atom. The van der Waals surface area contributed by atoms with Crippen molar-refractivity contribution in [2.24, 2.45) is 4.99 Å². The molecule has 3 aliphatic heterocycles. The zero-order valence-electron chi connectivity index (χ0n) is 20.9. The topological polar surface area (TPSA) is 51.2 Å². The van der Waals surface area contributed by atoms with E-state index in [0.29, 0.717) is 23.5 Å². The monoisotopic (exact) mass is 503 g/mol. The van der Waals surface area contributed by atoms with E-state index in [1.807, 2.05) is 6.08 Å². The number of aryl methyl sites for hydroxylation is 2. The molecule has 2 unspecified atom stereocenters. The van der Waals surface area contributed by atoms with Crippen molar-refractivity contribution in [1.82, 2.24) is 19.4 Å². The third kappa shape index (κ3) is 6.30. The zero-order valence-corrected chi connectivity index (χ0v) is 22.5. The second-order valence-corrected chi connectivity index (χ2v) is 11.4. The first kappa shape index (κ1) is 25.4. The van der Waals surface area contributed by atoms with Crippen molar-refractivity contribution in [3.8, 4) is 0 Å². The average molecular weight is 504 g/mol. The molecule has 0 spiro atoms. The number of nitrogens with zero attached hydrogens (tertiary/aromatic N) is 4. The van der Waals surface area contributed by atoms with Gasteiger partial charge in [0, 0.05) is 62.8 Å². The van der Waals surface area contributed by atoms with Gasteiger partial charge in [-0.3, -0.25) is 9.80 Å². The van der Waals surface area contributed by atoms with Gasteiger partial charge in [-0.25, -0.2) is 9.20 Å². The van der Waals surface area contributed by atoms with Crippen LogP contribution in [0, 0.1) is 13.8 Å². The van der Waals surface area contributed by atoms with Crippen LogP contribution in [-0.4, -0.2) is 75.8 Å².